The molecule has 116 valence electrons. The molecule has 2 N–H and O–H groups in total. The number of nitrogens with zero attached hydrogens (tertiary/aromatic N) is 1. The van der Waals surface area contributed by atoms with Crippen molar-refractivity contribution in [3.8, 4) is 0 Å². The molecule has 0 saturated carbocycles. The van der Waals surface area contributed by atoms with Crippen molar-refractivity contribution in [2.75, 3.05) is 11.9 Å². The van der Waals surface area contributed by atoms with Gasteiger partial charge >= 0.3 is 0 Å². The van der Waals surface area contributed by atoms with E-state index in [1.165, 1.54) is 12.3 Å². The smallest absolute Gasteiger partial charge is 0.274 e. The summed E-state index contributed by atoms with van der Waals surface area (Å²) in [6, 6.07) is 8.38. The van der Waals surface area contributed by atoms with Gasteiger partial charge < -0.3 is 15.1 Å². The molecule has 0 aliphatic rings. The van der Waals surface area contributed by atoms with Crippen LogP contribution in [0.5, 0.6) is 0 Å². The standard InChI is InChI=1S/C15H17N3O4/c1-2-11-5-6-12(8-14(11)18(20)21)16-10-15(19)17-9-13-4-3-7-22-13/h3-8,16H,2,9-10H2,1H3,(H,17,19). The van der Waals surface area contributed by atoms with Crippen LogP contribution in [0.15, 0.2) is 41.0 Å². The van der Waals surface area contributed by atoms with Crippen molar-refractivity contribution in [1.29, 1.82) is 0 Å². The van der Waals surface area contributed by atoms with Gasteiger partial charge in [0.25, 0.3) is 5.69 Å². The Kier molecular flexibility index (Phi) is 5.13. The maximum absolute atomic E-state index is 11.7. The molecule has 7 nitrogen and oxygen atoms in total. The highest BCUT2D eigenvalue weighted by atomic mass is 16.6. The molecule has 2 rings (SSSR count). The van der Waals surface area contributed by atoms with Crippen LogP contribution in [0.25, 0.3) is 0 Å². The number of anilines is 1. The van der Waals surface area contributed by atoms with Gasteiger partial charge in [0.05, 0.1) is 24.3 Å². The highest BCUT2D eigenvalue weighted by molar-refractivity contribution is 5.80. The number of nitrogens with one attached hydrogen (secondary N) is 2. The van der Waals surface area contributed by atoms with Crippen LogP contribution in [0.1, 0.15) is 18.2 Å². The van der Waals surface area contributed by atoms with Crippen LogP contribution >= 0.6 is 0 Å². The number of nitro benzene ring substituents is 1. The molecule has 0 atom stereocenters. The molecule has 0 spiro atoms. The fourth-order valence-electron chi connectivity index (χ4n) is 1.99. The lowest BCUT2D eigenvalue weighted by atomic mass is 10.1. The largest absolute Gasteiger partial charge is 0.467 e. The highest BCUT2D eigenvalue weighted by Crippen LogP contribution is 2.23. The van der Waals surface area contributed by atoms with Gasteiger partial charge in [0.1, 0.15) is 5.76 Å². The van der Waals surface area contributed by atoms with Gasteiger partial charge in [0, 0.05) is 17.3 Å². The Hall–Kier alpha value is -2.83. The van der Waals surface area contributed by atoms with Crippen LogP contribution < -0.4 is 10.6 Å². The topological polar surface area (TPSA) is 97.4 Å². The first-order chi connectivity index (χ1) is 10.6. The average Bonchev–Trinajstić information content (AvgIpc) is 3.04. The van der Waals surface area contributed by atoms with Gasteiger partial charge in [-0.2, -0.15) is 0 Å². The lowest BCUT2D eigenvalue weighted by Gasteiger charge is -2.08. The van der Waals surface area contributed by atoms with Gasteiger partial charge in [-0.05, 0) is 24.6 Å². The van der Waals surface area contributed by atoms with Gasteiger partial charge in [-0.3, -0.25) is 14.9 Å². The van der Waals surface area contributed by atoms with Gasteiger partial charge in [-0.1, -0.05) is 13.0 Å². The Balaban J connectivity index is 1.89. The summed E-state index contributed by atoms with van der Waals surface area (Å²) in [7, 11) is 0. The first-order valence-corrected chi connectivity index (χ1v) is 6.90. The number of benzene rings is 1. The third-order valence-corrected chi connectivity index (χ3v) is 3.16. The Bertz CT molecular complexity index is 653. The number of furan rings is 1. The van der Waals surface area contributed by atoms with Crippen LogP contribution in [0.3, 0.4) is 0 Å². The maximum Gasteiger partial charge on any atom is 0.274 e. The molecule has 1 heterocycles. The number of carbonyl (C=O) groups is 1. The fraction of sp³-hybridized carbons (Fsp3) is 0.267. The maximum atomic E-state index is 11.7. The van der Waals surface area contributed by atoms with E-state index in [9.17, 15) is 14.9 Å². The van der Waals surface area contributed by atoms with Crippen molar-refractivity contribution < 1.29 is 14.1 Å². The minimum absolute atomic E-state index is 0.0311. The molecular weight excluding hydrogens is 286 g/mol. The van der Waals surface area contributed by atoms with E-state index in [4.69, 9.17) is 4.42 Å². The number of hydrogen-bond donors (Lipinski definition) is 2. The van der Waals surface area contributed by atoms with Crippen LogP contribution in [0.4, 0.5) is 11.4 Å². The summed E-state index contributed by atoms with van der Waals surface area (Å²) in [5, 5.41) is 16.6. The van der Waals surface area contributed by atoms with Crippen LogP contribution in [-0.4, -0.2) is 17.4 Å². The molecule has 0 fully saturated rings. The Morgan fingerprint density at radius 3 is 2.82 bits per heavy atom. The van der Waals surface area contributed by atoms with E-state index < -0.39 is 4.92 Å². The van der Waals surface area contributed by atoms with E-state index in [1.807, 2.05) is 6.92 Å². The van der Waals surface area contributed by atoms with Gasteiger partial charge in [0.15, 0.2) is 0 Å². The Morgan fingerprint density at radius 1 is 1.36 bits per heavy atom. The molecule has 1 amide bonds. The number of amides is 1. The summed E-state index contributed by atoms with van der Waals surface area (Å²) in [6.45, 7) is 2.20. The van der Waals surface area contributed by atoms with E-state index in [1.54, 1.807) is 24.3 Å². The molecule has 2 aromatic rings. The lowest BCUT2D eigenvalue weighted by Crippen LogP contribution is -2.29. The predicted octanol–water partition coefficient (Wildman–Crippen LogP) is 2.48. The molecule has 0 aliphatic carbocycles. The van der Waals surface area contributed by atoms with Crippen molar-refractivity contribution in [3.05, 3.63) is 58.0 Å². The molecular formula is C15H17N3O4. The molecule has 0 radical (unpaired) electrons. The molecule has 0 saturated heterocycles. The molecule has 0 aliphatic heterocycles. The fourth-order valence-corrected chi connectivity index (χ4v) is 1.99. The van der Waals surface area contributed by atoms with E-state index >= 15 is 0 Å². The molecule has 1 aromatic carbocycles. The first-order valence-electron chi connectivity index (χ1n) is 6.90. The Labute approximate surface area is 127 Å². The average molecular weight is 303 g/mol. The van der Waals surface area contributed by atoms with E-state index in [2.05, 4.69) is 10.6 Å². The predicted molar refractivity (Wildman–Crippen MR) is 81.5 cm³/mol. The second-order valence-electron chi connectivity index (χ2n) is 4.66. The lowest BCUT2D eigenvalue weighted by molar-refractivity contribution is -0.385. The minimum Gasteiger partial charge on any atom is -0.467 e. The van der Waals surface area contributed by atoms with Crippen LogP contribution in [0, 0.1) is 10.1 Å². The zero-order chi connectivity index (χ0) is 15.9. The van der Waals surface area contributed by atoms with Crippen molar-refractivity contribution in [2.24, 2.45) is 0 Å². The summed E-state index contributed by atoms with van der Waals surface area (Å²) in [4.78, 5) is 22.3. The second-order valence-corrected chi connectivity index (χ2v) is 4.66. The summed E-state index contributed by atoms with van der Waals surface area (Å²) in [6.07, 6.45) is 2.12. The van der Waals surface area contributed by atoms with Crippen molar-refractivity contribution in [2.45, 2.75) is 19.9 Å². The second kappa shape index (κ2) is 7.26. The number of rotatable bonds is 7. The highest BCUT2D eigenvalue weighted by Gasteiger charge is 2.13. The number of hydrogen-bond acceptors (Lipinski definition) is 5. The Morgan fingerprint density at radius 2 is 2.18 bits per heavy atom. The summed E-state index contributed by atoms with van der Waals surface area (Å²) < 4.78 is 5.10. The number of aryl methyl sites for hydroxylation is 1. The van der Waals surface area contributed by atoms with Crippen LogP contribution in [-0.2, 0) is 17.8 Å². The zero-order valence-corrected chi connectivity index (χ0v) is 12.2. The number of carbonyl (C=O) groups excluding carboxylic acids is 1. The van der Waals surface area contributed by atoms with E-state index in [0.29, 0.717) is 30.0 Å². The monoisotopic (exact) mass is 303 g/mol. The van der Waals surface area contributed by atoms with Crippen molar-refractivity contribution in [3.63, 3.8) is 0 Å². The van der Waals surface area contributed by atoms with E-state index in [-0.39, 0.29) is 18.1 Å². The summed E-state index contributed by atoms with van der Waals surface area (Å²) in [5.74, 6) is 0.440. The summed E-state index contributed by atoms with van der Waals surface area (Å²) >= 11 is 0. The number of nitro groups is 1. The zero-order valence-electron chi connectivity index (χ0n) is 12.2. The summed E-state index contributed by atoms with van der Waals surface area (Å²) in [5.41, 5.74) is 1.26. The quantitative estimate of drug-likeness (QED) is 0.605. The first kappa shape index (κ1) is 15.6. The molecule has 1 aromatic heterocycles. The minimum atomic E-state index is -0.416. The third-order valence-electron chi connectivity index (χ3n) is 3.16. The molecule has 22 heavy (non-hydrogen) atoms. The normalized spacial score (nSPS) is 10.2. The van der Waals surface area contributed by atoms with Crippen molar-refractivity contribution in [1.82, 2.24) is 5.32 Å². The van der Waals surface area contributed by atoms with E-state index in [0.717, 1.165) is 0 Å². The molecule has 7 heteroatoms. The third kappa shape index (κ3) is 4.08. The van der Waals surface area contributed by atoms with Gasteiger partial charge in [0.2, 0.25) is 5.91 Å². The SMILES string of the molecule is CCc1ccc(NCC(=O)NCc2ccco2)cc1[N+](=O)[O-]. The van der Waals surface area contributed by atoms with Crippen molar-refractivity contribution >= 4 is 17.3 Å². The molecule has 0 unspecified atom stereocenters. The van der Waals surface area contributed by atoms with Gasteiger partial charge in [-0.25, -0.2) is 0 Å². The molecule has 0 bridgehead atoms. The van der Waals surface area contributed by atoms with Crippen LogP contribution in [0.2, 0.25) is 0 Å². The van der Waals surface area contributed by atoms with Gasteiger partial charge in [-0.15, -0.1) is 0 Å².